The third-order valence-electron chi connectivity index (χ3n) is 8.49. The number of unbranched alkanes of at least 4 members (excludes halogenated alkanes) is 1. The maximum Gasteiger partial charge on any atom is 0.524 e. The van der Waals surface area contributed by atoms with E-state index in [0.29, 0.717) is 47.1 Å². The number of phosphoric acid groups is 1. The minimum atomic E-state index is -4.69. The van der Waals surface area contributed by atoms with E-state index in [1.165, 1.54) is 0 Å². The van der Waals surface area contributed by atoms with Gasteiger partial charge in [-0.25, -0.2) is 19.3 Å². The number of carbonyl (C=O) groups is 4. The fourth-order valence-corrected chi connectivity index (χ4v) is 6.38. The summed E-state index contributed by atoms with van der Waals surface area (Å²) in [5, 5.41) is 4.11. The van der Waals surface area contributed by atoms with Crippen LogP contribution >= 0.6 is 7.82 Å². The maximum atomic E-state index is 12.1. The largest absolute Gasteiger partial charge is 0.524 e. The van der Waals surface area contributed by atoms with E-state index in [0.717, 1.165) is 47.1 Å². The predicted molar refractivity (Wildman–Crippen MR) is 190 cm³/mol. The number of amides is 3. The highest BCUT2D eigenvalue weighted by atomic mass is 31.2. The molecule has 5 N–H and O–H groups in total. The van der Waals surface area contributed by atoms with Crippen molar-refractivity contribution in [3.8, 4) is 5.75 Å². The number of anilines is 1. The monoisotopic (exact) mass is 738 g/mol. The van der Waals surface area contributed by atoms with Crippen molar-refractivity contribution in [3.05, 3.63) is 58.9 Å². The van der Waals surface area contributed by atoms with E-state index in [4.69, 9.17) is 24.8 Å². The molecule has 16 nitrogen and oxygen atoms in total. The van der Waals surface area contributed by atoms with E-state index >= 15 is 0 Å². The summed E-state index contributed by atoms with van der Waals surface area (Å²) in [5.41, 5.74) is 11.1. The van der Waals surface area contributed by atoms with Gasteiger partial charge >= 0.3 is 13.8 Å². The van der Waals surface area contributed by atoms with Crippen LogP contribution in [0, 0.1) is 6.92 Å². The zero-order chi connectivity index (χ0) is 37.4. The zero-order valence-electron chi connectivity index (χ0n) is 29.1. The molecule has 2 aromatic heterocycles. The maximum absolute atomic E-state index is 12.1. The molecule has 1 aliphatic rings. The van der Waals surface area contributed by atoms with Crippen LogP contribution in [0.3, 0.4) is 0 Å². The van der Waals surface area contributed by atoms with E-state index < -0.39 is 25.6 Å². The number of rotatable bonds is 18. The number of fused-ring (bicyclic) bond motifs is 3. The van der Waals surface area contributed by atoms with Crippen LogP contribution in [0.25, 0.3) is 21.9 Å². The van der Waals surface area contributed by atoms with Gasteiger partial charge in [0.15, 0.2) is 5.82 Å². The number of nitrogen functional groups attached to an aromatic ring is 1. The Balaban J connectivity index is 1.16. The lowest BCUT2D eigenvalue weighted by molar-refractivity contribution is -0.197. The number of nitrogens with one attached hydrogen (secondary N) is 1. The van der Waals surface area contributed by atoms with Crippen LogP contribution in [-0.4, -0.2) is 72.8 Å². The first-order chi connectivity index (χ1) is 24.8. The first kappa shape index (κ1) is 38.3. The van der Waals surface area contributed by atoms with Gasteiger partial charge in [0, 0.05) is 50.6 Å². The Kier molecular flexibility index (Phi) is 12.6. The molecular weight excluding hydrogens is 695 g/mol. The molecule has 0 radical (unpaired) electrons. The van der Waals surface area contributed by atoms with Crippen molar-refractivity contribution in [2.75, 3.05) is 25.5 Å². The highest BCUT2D eigenvalue weighted by molar-refractivity contribution is 7.46. The molecule has 0 bridgehead atoms. The molecule has 3 amide bonds. The van der Waals surface area contributed by atoms with Crippen molar-refractivity contribution in [1.29, 1.82) is 0 Å². The Morgan fingerprint density at radius 3 is 2.44 bits per heavy atom. The summed E-state index contributed by atoms with van der Waals surface area (Å²) < 4.78 is 24.1. The average Bonchev–Trinajstić information content (AvgIpc) is 3.61. The van der Waals surface area contributed by atoms with Crippen molar-refractivity contribution in [1.82, 2.24) is 24.9 Å². The highest BCUT2D eigenvalue weighted by Crippen LogP contribution is 2.39. The number of aromatic nitrogens is 3. The van der Waals surface area contributed by atoms with E-state index in [2.05, 4.69) is 21.8 Å². The van der Waals surface area contributed by atoms with Crippen LogP contribution in [-0.2, 0) is 52.7 Å². The molecule has 52 heavy (non-hydrogen) atoms. The second kappa shape index (κ2) is 17.1. The van der Waals surface area contributed by atoms with E-state index in [-0.39, 0.29) is 56.9 Å². The Labute approximate surface area is 299 Å². The number of hydrogen-bond acceptors (Lipinski definition) is 11. The number of imidazole rings is 1. The van der Waals surface area contributed by atoms with Crippen molar-refractivity contribution in [2.24, 2.45) is 0 Å². The summed E-state index contributed by atoms with van der Waals surface area (Å²) in [4.78, 5) is 79.9. The molecule has 0 aliphatic carbocycles. The second-order valence-electron chi connectivity index (χ2n) is 12.6. The van der Waals surface area contributed by atoms with Gasteiger partial charge in [-0.3, -0.25) is 24.2 Å². The van der Waals surface area contributed by atoms with Gasteiger partial charge in [0.2, 0.25) is 5.91 Å². The molecule has 278 valence electrons. The van der Waals surface area contributed by atoms with Gasteiger partial charge in [0.1, 0.15) is 17.1 Å². The molecule has 3 heterocycles. The fourth-order valence-electron chi connectivity index (χ4n) is 5.92. The molecule has 5 rings (SSSR count). The third-order valence-corrected chi connectivity index (χ3v) is 8.92. The quantitative estimate of drug-likeness (QED) is 0.0648. The molecule has 1 fully saturated rings. The summed E-state index contributed by atoms with van der Waals surface area (Å²) in [6, 6.07) is 11.1. The lowest BCUT2D eigenvalue weighted by Crippen LogP contribution is -2.32. The normalized spacial score (nSPS) is 13.3. The van der Waals surface area contributed by atoms with Gasteiger partial charge in [0.25, 0.3) is 11.8 Å². The van der Waals surface area contributed by atoms with Gasteiger partial charge in [-0.2, -0.15) is 0 Å². The summed E-state index contributed by atoms with van der Waals surface area (Å²) in [6.07, 6.45) is 3.47. The van der Waals surface area contributed by atoms with Crippen LogP contribution in [0.2, 0.25) is 0 Å². The lowest BCUT2D eigenvalue weighted by atomic mass is 10.1. The van der Waals surface area contributed by atoms with E-state index in [9.17, 15) is 33.5 Å². The minimum absolute atomic E-state index is 0.0199. The fraction of sp³-hybridized carbons (Fsp3) is 0.429. The van der Waals surface area contributed by atoms with Crippen molar-refractivity contribution < 1.29 is 47.6 Å². The van der Waals surface area contributed by atoms with E-state index in [1.807, 2.05) is 24.3 Å². The Hall–Kier alpha value is -4.89. The number of hydroxylamine groups is 2. The number of nitrogens with two attached hydrogens (primary N) is 1. The second-order valence-corrected chi connectivity index (χ2v) is 13.7. The molecule has 0 unspecified atom stereocenters. The topological polar surface area (TPSA) is 225 Å². The molecule has 17 heteroatoms. The lowest BCUT2D eigenvalue weighted by Gasteiger charge is -2.14. The molecule has 0 spiro atoms. The van der Waals surface area contributed by atoms with Crippen LogP contribution < -0.4 is 15.6 Å². The first-order valence-corrected chi connectivity index (χ1v) is 18.7. The Morgan fingerprint density at radius 2 is 1.73 bits per heavy atom. The van der Waals surface area contributed by atoms with Gasteiger partial charge in [-0.05, 0) is 55.0 Å². The van der Waals surface area contributed by atoms with Crippen LogP contribution in [0.1, 0.15) is 74.4 Å². The summed E-state index contributed by atoms with van der Waals surface area (Å²) in [5.74, 6) is -0.794. The number of aryl methyl sites for hydroxylation is 2. The van der Waals surface area contributed by atoms with Crippen molar-refractivity contribution >= 4 is 59.3 Å². The minimum Gasteiger partial charge on any atom is -0.404 e. The third kappa shape index (κ3) is 9.91. The number of hydrogen-bond donors (Lipinski definition) is 4. The number of imide groups is 1. The molecular formula is C35H43N6O10P. The van der Waals surface area contributed by atoms with Gasteiger partial charge in [0.05, 0.1) is 24.2 Å². The standard InChI is InChI=1S/C35H43N6O10P/c1-3-4-6-28-39-33-34(40(28)21-24-10-12-27(22(2)19-24)51-52(46,47)48)25-11-9-23(20-26(25)38-35(33)36)15-17-49-18-16-37-29(42)7-5-8-32(45)50-41-30(43)13-14-31(41)44/h9-12,19-20H,3-8,13-18,21H2,1-2H3,(H2,36,38)(H,37,42)(H2,46,47,48). The number of phosphoric ester groups is 1. The van der Waals surface area contributed by atoms with Crippen molar-refractivity contribution in [3.63, 3.8) is 0 Å². The van der Waals surface area contributed by atoms with Crippen LogP contribution in [0.4, 0.5) is 5.82 Å². The van der Waals surface area contributed by atoms with Crippen LogP contribution in [0.5, 0.6) is 5.75 Å². The SMILES string of the molecule is CCCCc1nc2c(N)nc3cc(CCOCCNC(=O)CCCC(=O)ON4C(=O)CCC4=O)ccc3c2n1Cc1ccc(OP(=O)(O)O)c(C)c1. The zero-order valence-corrected chi connectivity index (χ0v) is 30.0. The number of pyridine rings is 1. The average molecular weight is 739 g/mol. The van der Waals surface area contributed by atoms with Gasteiger partial charge < -0.3 is 29.7 Å². The van der Waals surface area contributed by atoms with E-state index in [1.54, 1.807) is 19.1 Å². The molecule has 1 aliphatic heterocycles. The van der Waals surface area contributed by atoms with Gasteiger partial charge in [-0.15, -0.1) is 5.06 Å². The number of benzene rings is 2. The molecule has 1 saturated heterocycles. The smallest absolute Gasteiger partial charge is 0.404 e. The number of carbonyl (C=O) groups excluding carboxylic acids is 4. The Bertz CT molecular complexity index is 2010. The molecule has 0 saturated carbocycles. The van der Waals surface area contributed by atoms with Crippen LogP contribution in [0.15, 0.2) is 36.4 Å². The number of ether oxygens (including phenoxy) is 1. The van der Waals surface area contributed by atoms with Crippen molar-refractivity contribution in [2.45, 2.75) is 78.2 Å². The highest BCUT2D eigenvalue weighted by Gasteiger charge is 2.32. The number of nitrogens with zero attached hydrogens (tertiary/aromatic N) is 4. The molecule has 2 aromatic carbocycles. The summed E-state index contributed by atoms with van der Waals surface area (Å²) in [7, 11) is -4.69. The van der Waals surface area contributed by atoms with Gasteiger partial charge in [-0.1, -0.05) is 37.6 Å². The molecule has 4 aromatic rings. The molecule has 0 atom stereocenters. The summed E-state index contributed by atoms with van der Waals surface area (Å²) in [6.45, 7) is 5.27. The summed E-state index contributed by atoms with van der Waals surface area (Å²) >= 11 is 0. The Morgan fingerprint density at radius 1 is 0.981 bits per heavy atom. The first-order valence-electron chi connectivity index (χ1n) is 17.2. The predicted octanol–water partition coefficient (Wildman–Crippen LogP) is 3.79.